The average molecular weight is 306 g/mol. The summed E-state index contributed by atoms with van der Waals surface area (Å²) in [6, 6.07) is 8.12. The van der Waals surface area contributed by atoms with Gasteiger partial charge in [0.15, 0.2) is 0 Å². The predicted molar refractivity (Wildman–Crippen MR) is 78.1 cm³/mol. The lowest BCUT2D eigenvalue weighted by Crippen LogP contribution is -3.15. The van der Waals surface area contributed by atoms with Crippen LogP contribution in [0.15, 0.2) is 29.1 Å². The van der Waals surface area contributed by atoms with E-state index in [-0.39, 0.29) is 18.0 Å². The first-order valence-corrected chi connectivity index (χ1v) is 7.56. The Balaban J connectivity index is 0.00000132. The second kappa shape index (κ2) is 5.43. The first kappa shape index (κ1) is 14.5. The van der Waals surface area contributed by atoms with E-state index in [9.17, 15) is 4.79 Å². The zero-order valence-corrected chi connectivity index (χ0v) is 12.9. The molecule has 2 bridgehead atoms. The number of rotatable bonds is 1. The number of aryl methyl sites for hydroxylation is 1. The number of fused-ring (bicyclic) bond motifs is 4. The normalized spacial score (nSPS) is 27.6. The van der Waals surface area contributed by atoms with E-state index < -0.39 is 0 Å². The molecule has 112 valence electrons. The van der Waals surface area contributed by atoms with Crippen molar-refractivity contribution in [2.75, 3.05) is 19.6 Å². The van der Waals surface area contributed by atoms with Gasteiger partial charge in [0.25, 0.3) is 5.56 Å². The summed E-state index contributed by atoms with van der Waals surface area (Å²) in [6.07, 6.45) is 2.47. The minimum atomic E-state index is 0. The summed E-state index contributed by atoms with van der Waals surface area (Å²) >= 11 is 0. The Hall–Kier alpha value is -1.39. The fourth-order valence-electron chi connectivity index (χ4n) is 3.98. The van der Waals surface area contributed by atoms with E-state index >= 15 is 0 Å². The van der Waals surface area contributed by atoms with Gasteiger partial charge in [-0.15, -0.1) is 0 Å². The number of hydrogen-bond acceptors (Lipinski definition) is 2. The van der Waals surface area contributed by atoms with Gasteiger partial charge >= 0.3 is 0 Å². The maximum atomic E-state index is 12.7. The van der Waals surface area contributed by atoms with Gasteiger partial charge in [0.2, 0.25) is 0 Å². The highest BCUT2D eigenvalue weighted by atomic mass is 35.5. The second-order valence-electron chi connectivity index (χ2n) is 6.24. The van der Waals surface area contributed by atoms with E-state index in [0.29, 0.717) is 12.0 Å². The van der Waals surface area contributed by atoms with Crippen LogP contribution in [0.4, 0.5) is 0 Å². The number of quaternary nitrogens is 1. The van der Waals surface area contributed by atoms with Crippen molar-refractivity contribution in [3.05, 3.63) is 40.3 Å². The number of aromatic nitrogens is 2. The van der Waals surface area contributed by atoms with Crippen LogP contribution in [0.25, 0.3) is 10.8 Å². The molecule has 4 nitrogen and oxygen atoms in total. The van der Waals surface area contributed by atoms with Crippen LogP contribution >= 0.6 is 0 Å². The minimum absolute atomic E-state index is 0. The smallest absolute Gasteiger partial charge is 0.275 e. The first-order valence-electron chi connectivity index (χ1n) is 7.56. The molecule has 0 aliphatic carbocycles. The Kier molecular flexibility index (Phi) is 3.76. The molecule has 3 fully saturated rings. The quantitative estimate of drug-likeness (QED) is 0.636. The summed E-state index contributed by atoms with van der Waals surface area (Å²) in [5, 5.41) is 6.43. The average Bonchev–Trinajstić information content (AvgIpc) is 2.52. The van der Waals surface area contributed by atoms with Gasteiger partial charge in [-0.05, 0) is 18.9 Å². The molecule has 3 aliphatic heterocycles. The topological polar surface area (TPSA) is 39.3 Å². The van der Waals surface area contributed by atoms with Crippen LogP contribution < -0.4 is 22.9 Å². The molecule has 3 saturated heterocycles. The van der Waals surface area contributed by atoms with Gasteiger partial charge in [-0.25, -0.2) is 4.68 Å². The molecule has 0 radical (unpaired) electrons. The largest absolute Gasteiger partial charge is 1.00 e. The van der Waals surface area contributed by atoms with Crippen molar-refractivity contribution in [3.63, 3.8) is 0 Å². The van der Waals surface area contributed by atoms with Crippen molar-refractivity contribution < 1.29 is 17.3 Å². The number of benzene rings is 1. The lowest BCUT2D eigenvalue weighted by atomic mass is 9.84. The highest BCUT2D eigenvalue weighted by Crippen LogP contribution is 2.27. The maximum absolute atomic E-state index is 12.7. The molecule has 0 saturated carbocycles. The number of nitrogens with one attached hydrogen (secondary N) is 1. The van der Waals surface area contributed by atoms with Crippen LogP contribution in [0, 0.1) is 12.8 Å². The third-order valence-corrected chi connectivity index (χ3v) is 5.11. The molecule has 4 heterocycles. The monoisotopic (exact) mass is 305 g/mol. The van der Waals surface area contributed by atoms with Crippen molar-refractivity contribution in [1.82, 2.24) is 9.78 Å². The number of hydrogen-bond donors (Lipinski definition) is 1. The summed E-state index contributed by atoms with van der Waals surface area (Å²) in [5.41, 5.74) is 1.05. The summed E-state index contributed by atoms with van der Waals surface area (Å²) in [4.78, 5) is 14.4. The van der Waals surface area contributed by atoms with Crippen LogP contribution in [-0.4, -0.2) is 29.4 Å². The van der Waals surface area contributed by atoms with Gasteiger partial charge in [-0.2, -0.15) is 5.10 Å². The molecule has 0 spiro atoms. The summed E-state index contributed by atoms with van der Waals surface area (Å²) in [6.45, 7) is 5.60. The van der Waals surface area contributed by atoms with Crippen LogP contribution in [0.3, 0.4) is 0 Å². The van der Waals surface area contributed by atoms with Crippen LogP contribution in [0.5, 0.6) is 0 Å². The molecule has 0 amide bonds. The molecular formula is C16H20ClN3O. The Morgan fingerprint density at radius 1 is 1.19 bits per heavy atom. The van der Waals surface area contributed by atoms with Gasteiger partial charge in [0.1, 0.15) is 12.6 Å². The van der Waals surface area contributed by atoms with Crippen molar-refractivity contribution in [3.8, 4) is 0 Å². The van der Waals surface area contributed by atoms with Crippen molar-refractivity contribution in [2.24, 2.45) is 5.92 Å². The van der Waals surface area contributed by atoms with Gasteiger partial charge < -0.3 is 17.3 Å². The third-order valence-electron chi connectivity index (χ3n) is 5.11. The van der Waals surface area contributed by atoms with Crippen molar-refractivity contribution in [1.29, 1.82) is 0 Å². The highest BCUT2D eigenvalue weighted by molar-refractivity contribution is 5.83. The van der Waals surface area contributed by atoms with Crippen LogP contribution in [-0.2, 0) is 0 Å². The molecule has 21 heavy (non-hydrogen) atoms. The fourth-order valence-corrected chi connectivity index (χ4v) is 3.98. The van der Waals surface area contributed by atoms with E-state index in [1.807, 2.05) is 31.2 Å². The second-order valence-corrected chi connectivity index (χ2v) is 6.24. The minimum Gasteiger partial charge on any atom is -1.00 e. The van der Waals surface area contributed by atoms with E-state index in [0.717, 1.165) is 23.0 Å². The molecule has 2 aromatic rings. The SMILES string of the molecule is Cc1nn(C2C[NH+]3CCC2CC3)c(=O)c2ccccc12.[Cl-]. The highest BCUT2D eigenvalue weighted by Gasteiger charge is 2.39. The van der Waals surface area contributed by atoms with Gasteiger partial charge in [-0.3, -0.25) is 4.79 Å². The van der Waals surface area contributed by atoms with Gasteiger partial charge in [-0.1, -0.05) is 18.2 Å². The van der Waals surface area contributed by atoms with Crippen LogP contribution in [0.2, 0.25) is 0 Å². The predicted octanol–water partition coefficient (Wildman–Crippen LogP) is -2.44. The summed E-state index contributed by atoms with van der Waals surface area (Å²) in [5.74, 6) is 0.637. The Morgan fingerprint density at radius 2 is 1.86 bits per heavy atom. The molecule has 5 heteroatoms. The van der Waals surface area contributed by atoms with E-state index in [2.05, 4.69) is 5.10 Å². The fraction of sp³-hybridized carbons (Fsp3) is 0.500. The molecule has 1 N–H and O–H groups in total. The summed E-state index contributed by atoms with van der Waals surface area (Å²) < 4.78 is 1.79. The molecule has 5 rings (SSSR count). The molecule has 3 aliphatic rings. The third kappa shape index (κ3) is 2.27. The molecule has 1 unspecified atom stereocenters. The summed E-state index contributed by atoms with van der Waals surface area (Å²) in [7, 11) is 0. The Morgan fingerprint density at radius 3 is 2.48 bits per heavy atom. The van der Waals surface area contributed by atoms with E-state index in [4.69, 9.17) is 0 Å². The van der Waals surface area contributed by atoms with E-state index in [1.165, 1.54) is 25.9 Å². The molecule has 1 aromatic carbocycles. The zero-order valence-electron chi connectivity index (χ0n) is 12.2. The van der Waals surface area contributed by atoms with Crippen molar-refractivity contribution in [2.45, 2.75) is 25.8 Å². The number of halogens is 1. The van der Waals surface area contributed by atoms with Crippen LogP contribution in [0.1, 0.15) is 24.6 Å². The first-order chi connectivity index (χ1) is 9.74. The Bertz CT molecular complexity index is 719. The lowest BCUT2D eigenvalue weighted by molar-refractivity contribution is -0.919. The molecule has 1 aromatic heterocycles. The lowest BCUT2D eigenvalue weighted by Gasteiger charge is -2.41. The molecule has 1 atom stereocenters. The Labute approximate surface area is 130 Å². The zero-order chi connectivity index (χ0) is 13.7. The van der Waals surface area contributed by atoms with Gasteiger partial charge in [0.05, 0.1) is 24.2 Å². The van der Waals surface area contributed by atoms with Crippen molar-refractivity contribution >= 4 is 10.8 Å². The maximum Gasteiger partial charge on any atom is 0.275 e. The standard InChI is InChI=1S/C16H19N3O.ClH/c1-11-13-4-2-3-5-14(13)16(20)19(17-11)15-10-18-8-6-12(15)7-9-18;/h2-5,12,15H,6-10H2,1H3;1H. The number of piperidine rings is 3. The molecular weight excluding hydrogens is 286 g/mol. The van der Waals surface area contributed by atoms with Gasteiger partial charge in [0, 0.05) is 18.2 Å². The number of nitrogens with zero attached hydrogens (tertiary/aromatic N) is 2. The van der Waals surface area contributed by atoms with E-state index in [1.54, 1.807) is 9.58 Å².